The van der Waals surface area contributed by atoms with Crippen LogP contribution in [-0.4, -0.2) is 47.8 Å². The minimum Gasteiger partial charge on any atom is -0.381 e. The first-order chi connectivity index (χ1) is 13.2. The molecule has 6 heteroatoms. The highest BCUT2D eigenvalue weighted by Gasteiger charge is 2.38. The minimum atomic E-state index is -0.0654. The van der Waals surface area contributed by atoms with Crippen LogP contribution in [0.2, 0.25) is 0 Å². The maximum atomic E-state index is 12.2. The molecule has 0 saturated carbocycles. The van der Waals surface area contributed by atoms with Crippen LogP contribution in [0, 0.1) is 0 Å². The number of hydrogen-bond donors (Lipinski definition) is 1. The predicted molar refractivity (Wildman–Crippen MR) is 104 cm³/mol. The fraction of sp³-hybridized carbons (Fsp3) is 0.524. The topological polar surface area (TPSA) is 65.4 Å². The molecular formula is C21H27N3O3. The monoisotopic (exact) mass is 369 g/mol. The molecule has 1 atom stereocenters. The first-order valence-corrected chi connectivity index (χ1v) is 9.83. The summed E-state index contributed by atoms with van der Waals surface area (Å²) in [5.41, 5.74) is 1.76. The van der Waals surface area contributed by atoms with Gasteiger partial charge in [0.15, 0.2) is 0 Å². The van der Waals surface area contributed by atoms with E-state index < -0.39 is 0 Å². The Kier molecular flexibility index (Phi) is 5.66. The van der Waals surface area contributed by atoms with Gasteiger partial charge in [0, 0.05) is 44.0 Å². The van der Waals surface area contributed by atoms with Gasteiger partial charge in [-0.2, -0.15) is 5.10 Å². The first-order valence-electron chi connectivity index (χ1n) is 9.83. The number of benzene rings is 1. The van der Waals surface area contributed by atoms with Gasteiger partial charge in [-0.3, -0.25) is 4.79 Å². The Bertz CT molecular complexity index is 794. The van der Waals surface area contributed by atoms with E-state index in [1.54, 1.807) is 16.8 Å². The van der Waals surface area contributed by atoms with Gasteiger partial charge in [0.25, 0.3) is 5.56 Å². The summed E-state index contributed by atoms with van der Waals surface area (Å²) in [6.07, 6.45) is 3.98. The molecule has 2 aliphatic rings. The van der Waals surface area contributed by atoms with Crippen molar-refractivity contribution in [2.24, 2.45) is 0 Å². The standard InChI is InChI=1S/C21H27N3O3/c25-20-7-6-19(17-4-2-1-3-5-17)23-24(20)12-11-22-18-8-13-27-21(16-18)9-14-26-15-10-21/h1-7,18,22H,8-16H2. The summed E-state index contributed by atoms with van der Waals surface area (Å²) in [5, 5.41) is 8.14. The highest BCUT2D eigenvalue weighted by molar-refractivity contribution is 5.57. The zero-order valence-corrected chi connectivity index (χ0v) is 15.6. The molecule has 3 heterocycles. The predicted octanol–water partition coefficient (Wildman–Crippen LogP) is 2.23. The van der Waals surface area contributed by atoms with Gasteiger partial charge in [-0.1, -0.05) is 30.3 Å². The normalized spacial score (nSPS) is 22.0. The smallest absolute Gasteiger partial charge is 0.266 e. The van der Waals surface area contributed by atoms with Crippen molar-refractivity contribution in [1.29, 1.82) is 0 Å². The molecule has 0 aliphatic carbocycles. The molecule has 6 nitrogen and oxygen atoms in total. The van der Waals surface area contributed by atoms with Crippen LogP contribution in [0.4, 0.5) is 0 Å². The number of nitrogens with one attached hydrogen (secondary N) is 1. The molecule has 1 unspecified atom stereocenters. The lowest BCUT2D eigenvalue weighted by Gasteiger charge is -2.43. The Labute approximate surface area is 159 Å². The lowest BCUT2D eigenvalue weighted by molar-refractivity contribution is -0.140. The van der Waals surface area contributed by atoms with Gasteiger partial charge in [-0.25, -0.2) is 4.68 Å². The average Bonchev–Trinajstić information content (AvgIpc) is 2.71. The number of nitrogens with zero attached hydrogens (tertiary/aromatic N) is 2. The number of ether oxygens (including phenoxy) is 2. The second-order valence-corrected chi connectivity index (χ2v) is 7.43. The molecule has 27 heavy (non-hydrogen) atoms. The quantitative estimate of drug-likeness (QED) is 0.876. The second kappa shape index (κ2) is 8.33. The van der Waals surface area contributed by atoms with Crippen LogP contribution < -0.4 is 10.9 Å². The molecule has 1 spiro atoms. The van der Waals surface area contributed by atoms with E-state index in [1.165, 1.54) is 0 Å². The van der Waals surface area contributed by atoms with Gasteiger partial charge in [0.1, 0.15) is 0 Å². The summed E-state index contributed by atoms with van der Waals surface area (Å²) in [6, 6.07) is 13.7. The molecule has 0 bridgehead atoms. The van der Waals surface area contributed by atoms with Crippen molar-refractivity contribution >= 4 is 0 Å². The average molecular weight is 369 g/mol. The molecule has 2 aromatic rings. The summed E-state index contributed by atoms with van der Waals surface area (Å²) in [4.78, 5) is 12.2. The van der Waals surface area contributed by atoms with Gasteiger partial charge in [-0.15, -0.1) is 0 Å². The molecule has 4 rings (SSSR count). The Hall–Kier alpha value is -2.02. The fourth-order valence-corrected chi connectivity index (χ4v) is 4.04. The van der Waals surface area contributed by atoms with Gasteiger partial charge >= 0.3 is 0 Å². The SMILES string of the molecule is O=c1ccc(-c2ccccc2)nn1CCNC1CCOC2(CCOCC2)C1. The zero-order chi connectivity index (χ0) is 18.5. The highest BCUT2D eigenvalue weighted by Crippen LogP contribution is 2.34. The van der Waals surface area contributed by atoms with Crippen LogP contribution in [0.3, 0.4) is 0 Å². The maximum absolute atomic E-state index is 12.2. The minimum absolute atomic E-state index is 0.0174. The van der Waals surface area contributed by atoms with Crippen LogP contribution in [0.5, 0.6) is 0 Å². The molecule has 1 aromatic heterocycles. The van der Waals surface area contributed by atoms with E-state index in [0.29, 0.717) is 12.6 Å². The summed E-state index contributed by atoms with van der Waals surface area (Å²) in [7, 11) is 0. The Morgan fingerprint density at radius 3 is 2.74 bits per heavy atom. The first kappa shape index (κ1) is 18.3. The van der Waals surface area contributed by atoms with Crippen LogP contribution in [0.1, 0.15) is 25.7 Å². The second-order valence-electron chi connectivity index (χ2n) is 7.43. The molecular weight excluding hydrogens is 342 g/mol. The van der Waals surface area contributed by atoms with E-state index in [-0.39, 0.29) is 11.2 Å². The largest absolute Gasteiger partial charge is 0.381 e. The van der Waals surface area contributed by atoms with Crippen molar-refractivity contribution in [3.8, 4) is 11.3 Å². The van der Waals surface area contributed by atoms with E-state index in [0.717, 1.165) is 63.3 Å². The van der Waals surface area contributed by atoms with E-state index in [1.807, 2.05) is 30.3 Å². The van der Waals surface area contributed by atoms with Crippen LogP contribution in [0.15, 0.2) is 47.3 Å². The zero-order valence-electron chi connectivity index (χ0n) is 15.6. The lowest BCUT2D eigenvalue weighted by Crippen LogP contribution is -2.50. The van der Waals surface area contributed by atoms with Gasteiger partial charge < -0.3 is 14.8 Å². The van der Waals surface area contributed by atoms with Crippen molar-refractivity contribution in [1.82, 2.24) is 15.1 Å². The number of hydrogen-bond acceptors (Lipinski definition) is 5. The van der Waals surface area contributed by atoms with Crippen LogP contribution in [-0.2, 0) is 16.0 Å². The molecule has 1 aromatic carbocycles. The summed E-state index contributed by atoms with van der Waals surface area (Å²) < 4.78 is 13.1. The van der Waals surface area contributed by atoms with Gasteiger partial charge in [-0.05, 0) is 31.7 Å². The third kappa shape index (κ3) is 4.46. The molecule has 2 saturated heterocycles. The molecule has 144 valence electrons. The van der Waals surface area contributed by atoms with Crippen molar-refractivity contribution in [2.45, 2.75) is 43.9 Å². The Morgan fingerprint density at radius 2 is 1.93 bits per heavy atom. The lowest BCUT2D eigenvalue weighted by atomic mass is 9.84. The third-order valence-electron chi connectivity index (χ3n) is 5.59. The number of aromatic nitrogens is 2. The molecule has 2 aliphatic heterocycles. The van der Waals surface area contributed by atoms with Crippen LogP contribution >= 0.6 is 0 Å². The van der Waals surface area contributed by atoms with Crippen molar-refractivity contribution < 1.29 is 9.47 Å². The number of rotatable bonds is 5. The fourth-order valence-electron chi connectivity index (χ4n) is 4.04. The van der Waals surface area contributed by atoms with Gasteiger partial charge in [0.05, 0.1) is 17.8 Å². The maximum Gasteiger partial charge on any atom is 0.266 e. The van der Waals surface area contributed by atoms with Crippen molar-refractivity contribution in [2.75, 3.05) is 26.4 Å². The highest BCUT2D eigenvalue weighted by atomic mass is 16.5. The summed E-state index contributed by atoms with van der Waals surface area (Å²) in [5.74, 6) is 0. The summed E-state index contributed by atoms with van der Waals surface area (Å²) in [6.45, 7) is 3.66. The Balaban J connectivity index is 1.35. The van der Waals surface area contributed by atoms with Crippen LogP contribution in [0.25, 0.3) is 11.3 Å². The summed E-state index contributed by atoms with van der Waals surface area (Å²) >= 11 is 0. The molecule has 1 N–H and O–H groups in total. The van der Waals surface area contributed by atoms with Crippen molar-refractivity contribution in [3.63, 3.8) is 0 Å². The molecule has 0 radical (unpaired) electrons. The van der Waals surface area contributed by atoms with E-state index in [4.69, 9.17) is 9.47 Å². The molecule has 0 amide bonds. The van der Waals surface area contributed by atoms with E-state index in [2.05, 4.69) is 10.4 Å². The van der Waals surface area contributed by atoms with Gasteiger partial charge in [0.2, 0.25) is 0 Å². The molecule has 2 fully saturated rings. The third-order valence-corrected chi connectivity index (χ3v) is 5.59. The van der Waals surface area contributed by atoms with E-state index in [9.17, 15) is 4.79 Å². The van der Waals surface area contributed by atoms with E-state index >= 15 is 0 Å². The Morgan fingerprint density at radius 1 is 1.11 bits per heavy atom. The van der Waals surface area contributed by atoms with Crippen molar-refractivity contribution in [3.05, 3.63) is 52.8 Å².